The smallest absolute Gasteiger partial charge is 0.0153 e. The van der Waals surface area contributed by atoms with E-state index in [1.165, 1.54) is 17.5 Å². The van der Waals surface area contributed by atoms with Gasteiger partial charge in [-0.2, -0.15) is 0 Å². The number of likely N-dealkylation sites (N-methyl/N-ethyl adjacent to an activating group) is 1. The minimum atomic E-state index is 0.303. The van der Waals surface area contributed by atoms with Gasteiger partial charge in [0.25, 0.3) is 0 Å². The maximum atomic E-state index is 3.37. The monoisotopic (exact) mass is 237 g/mol. The van der Waals surface area contributed by atoms with Gasteiger partial charge in [0.2, 0.25) is 0 Å². The Hall–Kier alpha value is -1.60. The van der Waals surface area contributed by atoms with E-state index >= 15 is 0 Å². The molecular formula is C17H19N. The van der Waals surface area contributed by atoms with Crippen molar-refractivity contribution in [1.82, 2.24) is 5.32 Å². The van der Waals surface area contributed by atoms with E-state index < -0.39 is 0 Å². The highest BCUT2D eigenvalue weighted by molar-refractivity contribution is 5.43. The van der Waals surface area contributed by atoms with Gasteiger partial charge in [-0.05, 0) is 30.5 Å². The average molecular weight is 237 g/mol. The van der Waals surface area contributed by atoms with Crippen molar-refractivity contribution >= 4 is 0 Å². The molecule has 0 bridgehead atoms. The van der Waals surface area contributed by atoms with Gasteiger partial charge < -0.3 is 5.32 Å². The first-order valence-electron chi connectivity index (χ1n) is 6.62. The van der Waals surface area contributed by atoms with Gasteiger partial charge in [-0.15, -0.1) is 0 Å². The lowest BCUT2D eigenvalue weighted by Crippen LogP contribution is -2.25. The van der Waals surface area contributed by atoms with Crippen molar-refractivity contribution in [2.45, 2.75) is 17.8 Å². The first kappa shape index (κ1) is 11.5. The summed E-state index contributed by atoms with van der Waals surface area (Å²) in [4.78, 5) is 0. The highest BCUT2D eigenvalue weighted by atomic mass is 14.9. The molecule has 2 aromatic rings. The zero-order valence-electron chi connectivity index (χ0n) is 10.8. The molecule has 0 saturated heterocycles. The summed E-state index contributed by atoms with van der Waals surface area (Å²) in [6.45, 7) is 1.05. The molecule has 2 atom stereocenters. The molecule has 0 radical (unpaired) electrons. The van der Waals surface area contributed by atoms with Gasteiger partial charge in [0.1, 0.15) is 0 Å². The third kappa shape index (κ3) is 1.85. The van der Waals surface area contributed by atoms with Crippen LogP contribution in [0.1, 0.15) is 23.5 Å². The molecule has 18 heavy (non-hydrogen) atoms. The van der Waals surface area contributed by atoms with E-state index in [1.807, 2.05) is 7.05 Å². The molecule has 0 heterocycles. The first-order chi connectivity index (χ1) is 8.87. The Bertz CT molecular complexity index is 506. The lowest BCUT2D eigenvalue weighted by atomic mass is 9.90. The van der Waals surface area contributed by atoms with Crippen molar-refractivity contribution in [2.24, 2.45) is 0 Å². The number of hydrogen-bond donors (Lipinski definition) is 1. The lowest BCUT2D eigenvalue weighted by molar-refractivity contribution is 0.605. The quantitative estimate of drug-likeness (QED) is 0.860. The first-order valence-corrected chi connectivity index (χ1v) is 6.62. The van der Waals surface area contributed by atoms with Crippen molar-refractivity contribution < 1.29 is 0 Å². The second-order valence-corrected chi connectivity index (χ2v) is 5.22. The van der Waals surface area contributed by atoms with Crippen molar-refractivity contribution in [3.63, 3.8) is 0 Å². The third-order valence-corrected chi connectivity index (χ3v) is 4.12. The largest absolute Gasteiger partial charge is 0.319 e. The molecule has 1 saturated carbocycles. The lowest BCUT2D eigenvalue weighted by Gasteiger charge is -2.18. The normalized spacial score (nSPS) is 25.9. The van der Waals surface area contributed by atoms with E-state index in [2.05, 4.69) is 66.0 Å². The van der Waals surface area contributed by atoms with E-state index in [0.717, 1.165) is 6.54 Å². The van der Waals surface area contributed by atoms with E-state index in [4.69, 9.17) is 0 Å². The molecule has 1 aliphatic rings. The molecular weight excluding hydrogens is 218 g/mol. The van der Waals surface area contributed by atoms with Crippen LogP contribution in [0.4, 0.5) is 0 Å². The number of nitrogens with one attached hydrogen (secondary N) is 1. The van der Waals surface area contributed by atoms with Gasteiger partial charge in [0.15, 0.2) is 0 Å². The van der Waals surface area contributed by atoms with Gasteiger partial charge in [-0.1, -0.05) is 60.7 Å². The van der Waals surface area contributed by atoms with Crippen LogP contribution in [0.15, 0.2) is 60.7 Å². The number of hydrogen-bond acceptors (Lipinski definition) is 1. The van der Waals surface area contributed by atoms with Crippen LogP contribution in [-0.4, -0.2) is 13.6 Å². The van der Waals surface area contributed by atoms with E-state index in [-0.39, 0.29) is 0 Å². The molecule has 92 valence electrons. The fourth-order valence-electron chi connectivity index (χ4n) is 3.13. The van der Waals surface area contributed by atoms with Crippen molar-refractivity contribution in [3.8, 4) is 0 Å². The minimum Gasteiger partial charge on any atom is -0.319 e. The fraction of sp³-hybridized carbons (Fsp3) is 0.294. The van der Waals surface area contributed by atoms with E-state index in [9.17, 15) is 0 Å². The molecule has 1 unspecified atom stereocenters. The van der Waals surface area contributed by atoms with Crippen LogP contribution < -0.4 is 5.32 Å². The van der Waals surface area contributed by atoms with Crippen LogP contribution in [0.5, 0.6) is 0 Å². The molecule has 0 amide bonds. The molecule has 1 N–H and O–H groups in total. The molecule has 0 aromatic heterocycles. The van der Waals surface area contributed by atoms with Gasteiger partial charge >= 0.3 is 0 Å². The van der Waals surface area contributed by atoms with Crippen LogP contribution in [0.25, 0.3) is 0 Å². The minimum absolute atomic E-state index is 0.303. The predicted molar refractivity (Wildman–Crippen MR) is 75.8 cm³/mol. The van der Waals surface area contributed by atoms with Crippen LogP contribution in [0, 0.1) is 0 Å². The van der Waals surface area contributed by atoms with Crippen molar-refractivity contribution in [1.29, 1.82) is 0 Å². The van der Waals surface area contributed by atoms with E-state index in [1.54, 1.807) is 0 Å². The maximum Gasteiger partial charge on any atom is 0.0153 e. The predicted octanol–water partition coefficient (Wildman–Crippen LogP) is 3.33. The molecule has 1 nitrogen and oxygen atoms in total. The van der Waals surface area contributed by atoms with Crippen LogP contribution in [0.3, 0.4) is 0 Å². The summed E-state index contributed by atoms with van der Waals surface area (Å²) in [7, 11) is 2.05. The van der Waals surface area contributed by atoms with Crippen LogP contribution in [0.2, 0.25) is 0 Å². The van der Waals surface area contributed by atoms with Crippen molar-refractivity contribution in [3.05, 3.63) is 71.8 Å². The van der Waals surface area contributed by atoms with Crippen molar-refractivity contribution in [2.75, 3.05) is 13.6 Å². The maximum absolute atomic E-state index is 3.37. The second kappa shape index (κ2) is 4.58. The molecule has 0 spiro atoms. The molecule has 3 rings (SSSR count). The Morgan fingerprint density at radius 1 is 1.00 bits per heavy atom. The summed E-state index contributed by atoms with van der Waals surface area (Å²) in [5.74, 6) is 0.661. The molecule has 1 heteroatoms. The Kier molecular flexibility index (Phi) is 2.92. The summed E-state index contributed by atoms with van der Waals surface area (Å²) in [6.07, 6.45) is 1.25. The summed E-state index contributed by atoms with van der Waals surface area (Å²) < 4.78 is 0. The molecule has 1 fully saturated rings. The Labute approximate surface area is 109 Å². The Balaban J connectivity index is 1.93. The second-order valence-electron chi connectivity index (χ2n) is 5.22. The molecule has 2 aromatic carbocycles. The summed E-state index contributed by atoms with van der Waals surface area (Å²) >= 11 is 0. The molecule has 0 aliphatic heterocycles. The average Bonchev–Trinajstić information content (AvgIpc) is 3.17. The Morgan fingerprint density at radius 2 is 1.61 bits per heavy atom. The summed E-state index contributed by atoms with van der Waals surface area (Å²) in [6, 6.07) is 21.8. The van der Waals surface area contributed by atoms with E-state index in [0.29, 0.717) is 11.3 Å². The van der Waals surface area contributed by atoms with Gasteiger partial charge in [0.05, 0.1) is 0 Å². The third-order valence-electron chi connectivity index (χ3n) is 4.12. The SMILES string of the molecule is CNC[C@]1(c2ccccc2)CC1c1ccccc1. The zero-order valence-corrected chi connectivity index (χ0v) is 10.8. The fourth-order valence-corrected chi connectivity index (χ4v) is 3.13. The van der Waals surface area contributed by atoms with Crippen LogP contribution >= 0.6 is 0 Å². The molecule has 1 aliphatic carbocycles. The van der Waals surface area contributed by atoms with Gasteiger partial charge in [-0.3, -0.25) is 0 Å². The van der Waals surface area contributed by atoms with Crippen LogP contribution in [-0.2, 0) is 5.41 Å². The highest BCUT2D eigenvalue weighted by Gasteiger charge is 2.55. The summed E-state index contributed by atoms with van der Waals surface area (Å²) in [5, 5.41) is 3.37. The standard InChI is InChI=1S/C17H19N/c1-18-13-17(15-10-6-3-7-11-15)12-16(17)14-8-4-2-5-9-14/h2-11,16,18H,12-13H2,1H3/t16?,17-/m0/s1. The zero-order chi connectivity index (χ0) is 12.4. The summed E-state index contributed by atoms with van der Waals surface area (Å²) in [5.41, 5.74) is 3.24. The van der Waals surface area contributed by atoms with Gasteiger partial charge in [-0.25, -0.2) is 0 Å². The van der Waals surface area contributed by atoms with Gasteiger partial charge in [0, 0.05) is 12.0 Å². The number of rotatable bonds is 4. The topological polar surface area (TPSA) is 12.0 Å². The number of benzene rings is 2. The Morgan fingerprint density at radius 3 is 2.22 bits per heavy atom. The highest BCUT2D eigenvalue weighted by Crippen LogP contribution is 2.59.